The van der Waals surface area contributed by atoms with E-state index in [0.717, 1.165) is 0 Å². The lowest BCUT2D eigenvalue weighted by Gasteiger charge is -2.40. The first kappa shape index (κ1) is 58.8. The zero-order chi connectivity index (χ0) is 52.4. The predicted octanol–water partition coefficient (Wildman–Crippen LogP) is 3.45. The average molecular weight is 1000 g/mol. The molecule has 3 N–H and O–H groups in total. The minimum atomic E-state index is -1.28. The average Bonchev–Trinajstić information content (AvgIpc) is 3.92. The number of imide groups is 1. The van der Waals surface area contributed by atoms with Crippen molar-refractivity contribution >= 4 is 72.0 Å². The van der Waals surface area contributed by atoms with Crippen molar-refractivity contribution in [3.8, 4) is 0 Å². The highest BCUT2D eigenvalue weighted by molar-refractivity contribution is 8.00. The van der Waals surface area contributed by atoms with E-state index in [9.17, 15) is 53.1 Å². The summed E-state index contributed by atoms with van der Waals surface area (Å²) in [6, 6.07) is 3.80. The van der Waals surface area contributed by atoms with Gasteiger partial charge >= 0.3 is 5.97 Å². The molecule has 19 nitrogen and oxygen atoms in total. The Morgan fingerprint density at radius 1 is 0.886 bits per heavy atom. The molecule has 0 aliphatic carbocycles. The SMILES string of the molecule is CC[C@H](C)[C@@H]([C@@H](CC(=O)N1CCC[C@H]1[C@H](OC=O)[C@@H](C)C(=O)N[C@@H](Cc1ccccc1)C(=O)O)OC=O)N(C)C(=O)[C@@H](NC(=O)[C@H](C(C)C)N(C)C(=O)CCCCCN1C(=O)CC(SC)C1=O)C(C)C. The van der Waals surface area contributed by atoms with Crippen molar-refractivity contribution in [2.75, 3.05) is 33.4 Å². The van der Waals surface area contributed by atoms with E-state index in [1.54, 1.807) is 71.3 Å². The van der Waals surface area contributed by atoms with Crippen LogP contribution < -0.4 is 10.6 Å². The second-order valence-corrected chi connectivity index (χ2v) is 20.3. The van der Waals surface area contributed by atoms with Gasteiger partial charge in [-0.05, 0) is 62.2 Å². The van der Waals surface area contributed by atoms with Crippen LogP contribution >= 0.6 is 11.8 Å². The number of carbonyl (C=O) groups excluding carboxylic acids is 9. The smallest absolute Gasteiger partial charge is 0.326 e. The summed E-state index contributed by atoms with van der Waals surface area (Å²) in [5.74, 6) is -6.36. The van der Waals surface area contributed by atoms with Crippen molar-refractivity contribution < 1.29 is 62.5 Å². The van der Waals surface area contributed by atoms with Gasteiger partial charge in [0.15, 0.2) is 0 Å². The number of nitrogens with one attached hydrogen (secondary N) is 2. The number of amides is 7. The Balaban J connectivity index is 1.75. The first-order chi connectivity index (χ1) is 33.1. The lowest BCUT2D eigenvalue weighted by atomic mass is 9.89. The molecule has 20 heteroatoms. The summed E-state index contributed by atoms with van der Waals surface area (Å²) in [6.45, 7) is 13.2. The molecule has 2 aliphatic rings. The lowest BCUT2D eigenvalue weighted by Crippen LogP contribution is -2.60. The molecule has 0 spiro atoms. The van der Waals surface area contributed by atoms with E-state index in [1.165, 1.54) is 45.3 Å². The van der Waals surface area contributed by atoms with Crippen LogP contribution in [0.25, 0.3) is 0 Å². The van der Waals surface area contributed by atoms with Crippen molar-refractivity contribution in [2.45, 2.75) is 160 Å². The Labute approximate surface area is 416 Å². The molecule has 390 valence electrons. The predicted molar refractivity (Wildman–Crippen MR) is 261 cm³/mol. The van der Waals surface area contributed by atoms with Crippen LogP contribution in [0, 0.1) is 23.7 Å². The Morgan fingerprint density at radius 2 is 1.54 bits per heavy atom. The second kappa shape index (κ2) is 28.4. The summed E-state index contributed by atoms with van der Waals surface area (Å²) >= 11 is 1.35. The van der Waals surface area contributed by atoms with E-state index in [2.05, 4.69) is 10.6 Å². The third kappa shape index (κ3) is 15.7. The number of benzene rings is 1. The fraction of sp³-hybridized carbons (Fsp3) is 0.680. The molecule has 3 rings (SSSR count). The highest BCUT2D eigenvalue weighted by Gasteiger charge is 2.45. The summed E-state index contributed by atoms with van der Waals surface area (Å²) in [4.78, 5) is 137. The molecule has 1 unspecified atom stereocenters. The van der Waals surface area contributed by atoms with E-state index in [0.29, 0.717) is 50.6 Å². The van der Waals surface area contributed by atoms with Gasteiger partial charge in [-0.3, -0.25) is 48.1 Å². The van der Waals surface area contributed by atoms with Crippen LogP contribution in [0.15, 0.2) is 30.3 Å². The molecule has 1 aromatic rings. The third-order valence-corrected chi connectivity index (χ3v) is 14.7. The molecule has 70 heavy (non-hydrogen) atoms. The maximum Gasteiger partial charge on any atom is 0.326 e. The quantitative estimate of drug-likeness (QED) is 0.0568. The second-order valence-electron chi connectivity index (χ2n) is 19.2. The van der Waals surface area contributed by atoms with Crippen LogP contribution in [-0.4, -0.2) is 166 Å². The van der Waals surface area contributed by atoms with Crippen molar-refractivity contribution in [3.05, 3.63) is 35.9 Å². The van der Waals surface area contributed by atoms with E-state index in [1.807, 2.05) is 13.8 Å². The van der Waals surface area contributed by atoms with Gasteiger partial charge in [0, 0.05) is 46.4 Å². The molecular formula is C50H76N6O13S. The number of rotatable bonds is 30. The largest absolute Gasteiger partial charge is 0.480 e. The van der Waals surface area contributed by atoms with Crippen molar-refractivity contribution in [1.82, 2.24) is 30.2 Å². The van der Waals surface area contributed by atoms with Crippen LogP contribution in [0.2, 0.25) is 0 Å². The van der Waals surface area contributed by atoms with Gasteiger partial charge in [-0.2, -0.15) is 11.8 Å². The fourth-order valence-corrected chi connectivity index (χ4v) is 10.2. The van der Waals surface area contributed by atoms with Gasteiger partial charge in [0.05, 0.1) is 29.7 Å². The van der Waals surface area contributed by atoms with Crippen LogP contribution in [0.1, 0.15) is 112 Å². The van der Waals surface area contributed by atoms with Gasteiger partial charge in [0.25, 0.3) is 12.9 Å². The number of hydrogen-bond donors (Lipinski definition) is 3. The van der Waals surface area contributed by atoms with E-state index < -0.39 is 83.9 Å². The normalized spacial score (nSPS) is 19.3. The van der Waals surface area contributed by atoms with Gasteiger partial charge in [-0.15, -0.1) is 0 Å². The number of aliphatic carboxylic acids is 1. The number of nitrogens with zero attached hydrogens (tertiary/aromatic N) is 4. The zero-order valence-electron chi connectivity index (χ0n) is 42.5. The van der Waals surface area contributed by atoms with Crippen LogP contribution in [0.3, 0.4) is 0 Å². The molecule has 10 atom stereocenters. The number of unbranched alkanes of at least 4 members (excludes halogenated alkanes) is 2. The van der Waals surface area contributed by atoms with Gasteiger partial charge in [0.1, 0.15) is 30.3 Å². The number of carboxylic acids is 1. The number of thioether (sulfide) groups is 1. The monoisotopic (exact) mass is 1000 g/mol. The molecule has 2 aliphatic heterocycles. The summed E-state index contributed by atoms with van der Waals surface area (Å²) < 4.78 is 11.1. The topological polar surface area (TPSA) is 246 Å². The summed E-state index contributed by atoms with van der Waals surface area (Å²) in [5, 5.41) is 15.0. The van der Waals surface area contributed by atoms with Crippen LogP contribution in [0.5, 0.6) is 0 Å². The number of ether oxygens (including phenoxy) is 2. The number of carbonyl (C=O) groups is 10. The van der Waals surface area contributed by atoms with Crippen molar-refractivity contribution in [1.29, 1.82) is 0 Å². The maximum atomic E-state index is 14.6. The van der Waals surface area contributed by atoms with E-state index in [-0.39, 0.29) is 80.0 Å². The number of carboxylic acid groups (broad SMARTS) is 1. The summed E-state index contributed by atoms with van der Waals surface area (Å²) in [7, 11) is 3.07. The molecule has 2 heterocycles. The lowest BCUT2D eigenvalue weighted by molar-refractivity contribution is -0.156. The van der Waals surface area contributed by atoms with Gasteiger partial charge < -0.3 is 39.9 Å². The molecule has 2 saturated heterocycles. The molecule has 0 aromatic heterocycles. The molecule has 2 fully saturated rings. The standard InChI is InChI=1S/C50H76N6O13S/c1-11-32(6)44(37(68-28-57)26-40(60)55-24-18-21-36(55)45(69-29-58)33(7)46(62)51-35(50(66)67)25-34-19-14-12-15-20-34)54(9)49(65)42(30(2)3)52-47(63)43(31(4)5)53(8)39(59)22-16-13-17-23-56-41(61)27-38(70-10)48(56)64/h12,14-15,19-20,28-33,35-38,42-45H,11,13,16-18,21-27H2,1-10H3,(H,51,62)(H,52,63)(H,66,67)/t32-,33+,35-,36-,37+,38?,42-,43-,44-,45+/m0/s1. The minimum Gasteiger partial charge on any atom is -0.480 e. The minimum absolute atomic E-state index is 0.00725. The van der Waals surface area contributed by atoms with Gasteiger partial charge in [-0.1, -0.05) is 84.7 Å². The van der Waals surface area contributed by atoms with Crippen molar-refractivity contribution in [2.24, 2.45) is 23.7 Å². The Bertz CT molecular complexity index is 1970. The molecule has 0 saturated carbocycles. The zero-order valence-corrected chi connectivity index (χ0v) is 43.3. The van der Waals surface area contributed by atoms with E-state index in [4.69, 9.17) is 9.47 Å². The molecule has 0 bridgehead atoms. The molecule has 0 radical (unpaired) electrons. The Hall–Kier alpha value is -5.53. The molecule has 1 aromatic carbocycles. The molecule has 7 amide bonds. The fourth-order valence-electron chi connectivity index (χ4n) is 9.57. The summed E-state index contributed by atoms with van der Waals surface area (Å²) in [5.41, 5.74) is 0.686. The van der Waals surface area contributed by atoms with E-state index >= 15 is 0 Å². The molecular weight excluding hydrogens is 925 g/mol. The first-order valence-corrected chi connectivity index (χ1v) is 25.7. The first-order valence-electron chi connectivity index (χ1n) is 24.4. The van der Waals surface area contributed by atoms with Crippen molar-refractivity contribution in [3.63, 3.8) is 0 Å². The number of likely N-dealkylation sites (N-methyl/N-ethyl adjacent to an activating group) is 2. The van der Waals surface area contributed by atoms with Gasteiger partial charge in [-0.25, -0.2) is 4.79 Å². The highest BCUT2D eigenvalue weighted by Crippen LogP contribution is 2.30. The number of hydrogen-bond acceptors (Lipinski definition) is 13. The van der Waals surface area contributed by atoms with Crippen LogP contribution in [0.4, 0.5) is 0 Å². The van der Waals surface area contributed by atoms with Crippen LogP contribution in [-0.2, 0) is 63.8 Å². The highest BCUT2D eigenvalue weighted by atomic mass is 32.2. The number of likely N-dealkylation sites (tertiary alicyclic amines) is 2. The van der Waals surface area contributed by atoms with Gasteiger partial charge in [0.2, 0.25) is 41.4 Å². The maximum absolute atomic E-state index is 14.6. The Kier molecular flexibility index (Phi) is 23.8. The third-order valence-electron chi connectivity index (χ3n) is 13.7. The Morgan fingerprint density at radius 3 is 2.10 bits per heavy atom. The summed E-state index contributed by atoms with van der Waals surface area (Å²) in [6.07, 6.45) is 2.35.